The summed E-state index contributed by atoms with van der Waals surface area (Å²) < 4.78 is 10.3. The predicted octanol–water partition coefficient (Wildman–Crippen LogP) is 4.52. The van der Waals surface area contributed by atoms with E-state index in [-0.39, 0.29) is 0 Å². The van der Waals surface area contributed by atoms with E-state index in [1.54, 1.807) is 20.8 Å². The highest BCUT2D eigenvalue weighted by Crippen LogP contribution is 2.22. The van der Waals surface area contributed by atoms with Gasteiger partial charge in [0.15, 0.2) is 0 Å². The van der Waals surface area contributed by atoms with Crippen molar-refractivity contribution in [3.63, 3.8) is 0 Å². The van der Waals surface area contributed by atoms with Gasteiger partial charge >= 0.3 is 12.2 Å². The van der Waals surface area contributed by atoms with Crippen molar-refractivity contribution in [2.45, 2.75) is 65.3 Å². The van der Waals surface area contributed by atoms with Gasteiger partial charge < -0.3 is 9.16 Å². The summed E-state index contributed by atoms with van der Waals surface area (Å²) in [6.45, 7) is 11.1. The summed E-state index contributed by atoms with van der Waals surface area (Å²) >= 11 is 0. The Morgan fingerprint density at radius 2 is 1.37 bits per heavy atom. The predicted molar refractivity (Wildman–Crippen MR) is 74.8 cm³/mol. The maximum atomic E-state index is 11.5. The van der Waals surface area contributed by atoms with E-state index in [9.17, 15) is 9.59 Å². The second-order valence-corrected chi connectivity index (χ2v) is 9.98. The fourth-order valence-electron chi connectivity index (χ4n) is 1.54. The average Bonchev–Trinajstić information content (AvgIpc) is 2.31. The zero-order valence-electron chi connectivity index (χ0n) is 12.6. The average molecular weight is 288 g/mol. The summed E-state index contributed by atoms with van der Waals surface area (Å²) in [4.78, 5) is 22.8. The molecule has 0 atom stereocenters. The number of azo groups is 1. The molecule has 0 bridgehead atoms. The van der Waals surface area contributed by atoms with Gasteiger partial charge in [-0.1, -0.05) is 31.0 Å². The number of amides is 2. The van der Waals surface area contributed by atoms with Gasteiger partial charge in [0, 0.05) is 0 Å². The first-order chi connectivity index (χ1) is 8.68. The van der Waals surface area contributed by atoms with Crippen LogP contribution in [0.1, 0.15) is 41.5 Å². The van der Waals surface area contributed by atoms with Crippen LogP contribution in [0.2, 0.25) is 18.1 Å². The van der Waals surface area contributed by atoms with Crippen LogP contribution in [0.15, 0.2) is 10.2 Å². The van der Waals surface area contributed by atoms with E-state index in [1.165, 1.54) is 0 Å². The molecule has 6 nitrogen and oxygen atoms in total. The number of nitrogens with zero attached hydrogens (tertiary/aromatic N) is 2. The van der Waals surface area contributed by atoms with E-state index < -0.39 is 26.1 Å². The van der Waals surface area contributed by atoms with Crippen LogP contribution < -0.4 is 0 Å². The Morgan fingerprint density at radius 3 is 1.74 bits per heavy atom. The van der Waals surface area contributed by atoms with Gasteiger partial charge in [-0.25, -0.2) is 9.59 Å². The van der Waals surface area contributed by atoms with Crippen LogP contribution in [0.25, 0.3) is 0 Å². The molecule has 0 radical (unpaired) electrons. The van der Waals surface area contributed by atoms with Crippen LogP contribution in [-0.2, 0) is 9.16 Å². The minimum absolute atomic E-state index is 0.658. The van der Waals surface area contributed by atoms with Crippen LogP contribution in [0.4, 0.5) is 9.59 Å². The number of rotatable bonds is 4. The van der Waals surface area contributed by atoms with Crippen molar-refractivity contribution in [1.29, 1.82) is 0 Å². The highest BCUT2D eigenvalue weighted by Gasteiger charge is 2.33. The summed E-state index contributed by atoms with van der Waals surface area (Å²) in [5, 5.41) is 6.47. The first-order valence-electron chi connectivity index (χ1n) is 6.55. The molecule has 19 heavy (non-hydrogen) atoms. The maximum Gasteiger partial charge on any atom is 0.453 e. The zero-order valence-corrected chi connectivity index (χ0v) is 13.6. The van der Waals surface area contributed by atoms with Gasteiger partial charge in [-0.3, -0.25) is 0 Å². The summed E-state index contributed by atoms with van der Waals surface area (Å²) in [7, 11) is -2.05. The minimum Gasteiger partial charge on any atom is -0.501 e. The molecule has 0 rings (SSSR count). The van der Waals surface area contributed by atoms with Gasteiger partial charge in [0.1, 0.15) is 5.60 Å². The van der Waals surface area contributed by atoms with Crippen molar-refractivity contribution in [2.75, 3.05) is 0 Å². The maximum absolute atomic E-state index is 11.5. The molecule has 0 unspecified atom stereocenters. The molecule has 0 fully saturated rings. The Balaban J connectivity index is 4.50. The monoisotopic (exact) mass is 288 g/mol. The standard InChI is InChI=1S/C12H24N2O4Si/c1-7-19(8-2,9-3)18-11(16)14-13-10(15)17-12(4,5)6/h7-9H2,1-6H3. The molecule has 0 saturated heterocycles. The molecule has 0 spiro atoms. The number of hydrogen-bond donors (Lipinski definition) is 0. The topological polar surface area (TPSA) is 77.3 Å². The lowest BCUT2D eigenvalue weighted by Crippen LogP contribution is -2.37. The molecule has 0 aromatic rings. The molecule has 0 aliphatic heterocycles. The van der Waals surface area contributed by atoms with Gasteiger partial charge in [0.2, 0.25) is 0 Å². The Hall–Kier alpha value is -1.24. The van der Waals surface area contributed by atoms with Gasteiger partial charge in [-0.15, -0.1) is 0 Å². The second-order valence-electron chi connectivity index (χ2n) is 5.29. The lowest BCUT2D eigenvalue weighted by atomic mass is 10.2. The molecule has 0 N–H and O–H groups in total. The quantitative estimate of drug-likeness (QED) is 0.563. The summed E-state index contributed by atoms with van der Waals surface area (Å²) in [6, 6.07) is 2.48. The lowest BCUT2D eigenvalue weighted by Gasteiger charge is -2.25. The first kappa shape index (κ1) is 17.8. The molecule has 0 saturated carbocycles. The third-order valence-corrected chi connectivity index (χ3v) is 7.32. The third kappa shape index (κ3) is 7.05. The highest BCUT2D eigenvalue weighted by molar-refractivity contribution is 6.74. The largest absolute Gasteiger partial charge is 0.501 e. The van der Waals surface area contributed by atoms with E-state index in [1.807, 2.05) is 20.8 Å². The zero-order chi connectivity index (χ0) is 15.1. The van der Waals surface area contributed by atoms with Crippen LogP contribution >= 0.6 is 0 Å². The summed E-state index contributed by atoms with van der Waals surface area (Å²) in [5.41, 5.74) is -0.658. The van der Waals surface area contributed by atoms with E-state index in [2.05, 4.69) is 10.2 Å². The molecular weight excluding hydrogens is 264 g/mol. The van der Waals surface area contributed by atoms with Crippen LogP contribution in [0, 0.1) is 0 Å². The fraction of sp³-hybridized carbons (Fsp3) is 0.833. The van der Waals surface area contributed by atoms with Crippen molar-refractivity contribution >= 4 is 20.5 Å². The molecule has 0 aliphatic carbocycles. The third-order valence-electron chi connectivity index (χ3n) is 2.84. The lowest BCUT2D eigenvalue weighted by molar-refractivity contribution is 0.0588. The van der Waals surface area contributed by atoms with Gasteiger partial charge in [-0.05, 0) is 38.9 Å². The van der Waals surface area contributed by atoms with Crippen molar-refractivity contribution < 1.29 is 18.8 Å². The van der Waals surface area contributed by atoms with Gasteiger partial charge in [0.25, 0.3) is 8.32 Å². The molecule has 2 amide bonds. The summed E-state index contributed by atoms with van der Waals surface area (Å²) in [6.07, 6.45) is -1.69. The number of hydrogen-bond acceptors (Lipinski definition) is 4. The molecule has 0 aromatic heterocycles. The molecule has 110 valence electrons. The second kappa shape index (κ2) is 7.37. The van der Waals surface area contributed by atoms with Crippen molar-refractivity contribution in [2.24, 2.45) is 10.2 Å². The molecule has 7 heteroatoms. The van der Waals surface area contributed by atoms with Crippen molar-refractivity contribution in [1.82, 2.24) is 0 Å². The van der Waals surface area contributed by atoms with Crippen LogP contribution in [0.3, 0.4) is 0 Å². The van der Waals surface area contributed by atoms with Crippen molar-refractivity contribution in [3.05, 3.63) is 0 Å². The van der Waals surface area contributed by atoms with Crippen LogP contribution in [-0.4, -0.2) is 26.1 Å². The molecule has 0 aromatic carbocycles. The van der Waals surface area contributed by atoms with Gasteiger partial charge in [0.05, 0.1) is 0 Å². The highest BCUT2D eigenvalue weighted by atomic mass is 28.4. The Bertz CT molecular complexity index is 338. The number of carbonyl (C=O) groups is 2. The summed E-state index contributed by atoms with van der Waals surface area (Å²) in [5.74, 6) is 0. The van der Waals surface area contributed by atoms with E-state index in [4.69, 9.17) is 9.16 Å². The van der Waals surface area contributed by atoms with Gasteiger partial charge in [-0.2, -0.15) is 0 Å². The molecule has 0 heterocycles. The van der Waals surface area contributed by atoms with E-state index in [0.717, 1.165) is 18.1 Å². The first-order valence-corrected chi connectivity index (χ1v) is 9.08. The Morgan fingerprint density at radius 1 is 0.947 bits per heavy atom. The van der Waals surface area contributed by atoms with E-state index >= 15 is 0 Å². The molecular formula is C12H24N2O4Si. The molecule has 0 aliphatic rings. The number of carbonyl (C=O) groups excluding carboxylic acids is 2. The number of ether oxygens (including phenoxy) is 1. The van der Waals surface area contributed by atoms with Crippen LogP contribution in [0.5, 0.6) is 0 Å². The van der Waals surface area contributed by atoms with Crippen molar-refractivity contribution in [3.8, 4) is 0 Å². The Kier molecular flexibility index (Phi) is 6.89. The smallest absolute Gasteiger partial charge is 0.453 e. The fourth-order valence-corrected chi connectivity index (χ4v) is 3.88. The Labute approximate surface area is 115 Å². The van der Waals surface area contributed by atoms with E-state index in [0.29, 0.717) is 0 Å². The SMILES string of the molecule is CC[Si](CC)(CC)OC(=O)N=NC(=O)OC(C)(C)C. The normalized spacial score (nSPS) is 12.5. The minimum atomic E-state index is -2.05.